The number of carbonyl (C=O) groups excluding carboxylic acids is 1. The summed E-state index contributed by atoms with van der Waals surface area (Å²) in [5, 5.41) is 9.58. The van der Waals surface area contributed by atoms with Gasteiger partial charge in [-0.3, -0.25) is 4.79 Å². The lowest BCUT2D eigenvalue weighted by atomic mass is 9.82. The summed E-state index contributed by atoms with van der Waals surface area (Å²) in [5.74, 6) is 0.625. The van der Waals surface area contributed by atoms with Gasteiger partial charge < -0.3 is 15.5 Å². The van der Waals surface area contributed by atoms with Crippen molar-refractivity contribution in [1.82, 2.24) is 14.9 Å². The van der Waals surface area contributed by atoms with Crippen molar-refractivity contribution in [2.45, 2.75) is 50.7 Å². The monoisotopic (exact) mass is 374 g/mol. The number of hydrogen-bond donors (Lipinski definition) is 1. The van der Waals surface area contributed by atoms with Gasteiger partial charge in [-0.15, -0.1) is 0 Å². The fourth-order valence-corrected chi connectivity index (χ4v) is 5.35. The van der Waals surface area contributed by atoms with E-state index in [1.54, 1.807) is 6.07 Å². The van der Waals surface area contributed by atoms with Gasteiger partial charge in [0.15, 0.2) is 6.19 Å². The second-order valence-electron chi connectivity index (χ2n) is 8.11. The zero-order chi connectivity index (χ0) is 19.4. The van der Waals surface area contributed by atoms with Crippen molar-refractivity contribution in [2.24, 2.45) is 11.7 Å². The lowest BCUT2D eigenvalue weighted by Gasteiger charge is -2.33. The fraction of sp³-hybridized carbons (Fsp3) is 0.429. The Labute approximate surface area is 163 Å². The third-order valence-electron chi connectivity index (χ3n) is 6.56. The maximum Gasteiger partial charge on any atom is 0.248 e. The van der Waals surface area contributed by atoms with Gasteiger partial charge in [0.05, 0.1) is 0 Å². The Morgan fingerprint density at radius 1 is 1.25 bits per heavy atom. The summed E-state index contributed by atoms with van der Waals surface area (Å²) in [6, 6.07) is 6.42. The minimum atomic E-state index is -0.417. The molecule has 2 N–H and O–H groups in total. The zero-order valence-electron chi connectivity index (χ0n) is 15.7. The normalized spacial score (nSPS) is 27.7. The number of benzene rings is 1. The molecular formula is C21H22N6O. The number of nitrogens with two attached hydrogens (primary N) is 1. The highest BCUT2D eigenvalue weighted by molar-refractivity contribution is 5.94. The van der Waals surface area contributed by atoms with Gasteiger partial charge in [0.2, 0.25) is 11.9 Å². The van der Waals surface area contributed by atoms with Crippen molar-refractivity contribution in [3.63, 3.8) is 0 Å². The zero-order valence-corrected chi connectivity index (χ0v) is 15.7. The van der Waals surface area contributed by atoms with Crippen LogP contribution in [0.25, 0.3) is 0 Å². The van der Waals surface area contributed by atoms with Crippen LogP contribution in [0, 0.1) is 24.3 Å². The molecule has 0 spiro atoms. The van der Waals surface area contributed by atoms with Crippen molar-refractivity contribution in [2.75, 3.05) is 4.90 Å². The number of aromatic nitrogens is 2. The molecule has 4 heterocycles. The van der Waals surface area contributed by atoms with Crippen LogP contribution < -0.4 is 10.6 Å². The van der Waals surface area contributed by atoms with Gasteiger partial charge in [-0.25, -0.2) is 9.97 Å². The Hall–Kier alpha value is -3.14. The molecule has 0 saturated carbocycles. The first-order valence-electron chi connectivity index (χ1n) is 9.75. The van der Waals surface area contributed by atoms with Gasteiger partial charge in [0.1, 0.15) is 0 Å². The summed E-state index contributed by atoms with van der Waals surface area (Å²) < 4.78 is 0. The smallest absolute Gasteiger partial charge is 0.248 e. The highest BCUT2D eigenvalue weighted by Gasteiger charge is 2.52. The third-order valence-corrected chi connectivity index (χ3v) is 6.56. The SMILES string of the molecule is Cc1cnc(N2c3ccc(C(N)=O)cc3CC2C2CC3CCC2N3C#N)nc1. The first-order chi connectivity index (χ1) is 13.6. The Morgan fingerprint density at radius 3 is 2.71 bits per heavy atom. The molecule has 2 bridgehead atoms. The van der Waals surface area contributed by atoms with Crippen molar-refractivity contribution < 1.29 is 4.79 Å². The topological polar surface area (TPSA) is 99.1 Å². The second kappa shape index (κ2) is 6.20. The number of rotatable bonds is 3. The predicted molar refractivity (Wildman–Crippen MR) is 104 cm³/mol. The van der Waals surface area contributed by atoms with E-state index in [4.69, 9.17) is 5.73 Å². The molecule has 28 heavy (non-hydrogen) atoms. The van der Waals surface area contributed by atoms with Gasteiger partial charge in [0, 0.05) is 47.7 Å². The van der Waals surface area contributed by atoms with Gasteiger partial charge >= 0.3 is 0 Å². The summed E-state index contributed by atoms with van der Waals surface area (Å²) in [6.45, 7) is 1.97. The van der Waals surface area contributed by atoms with Crippen molar-refractivity contribution >= 4 is 17.5 Å². The molecule has 0 aliphatic carbocycles. The fourth-order valence-electron chi connectivity index (χ4n) is 5.35. The molecule has 3 aliphatic heterocycles. The largest absolute Gasteiger partial charge is 0.366 e. The van der Waals surface area contributed by atoms with Crippen LogP contribution in [-0.4, -0.2) is 38.9 Å². The van der Waals surface area contributed by atoms with Crippen molar-refractivity contribution in [3.05, 3.63) is 47.3 Å². The van der Waals surface area contributed by atoms with Crippen LogP contribution in [0.2, 0.25) is 0 Å². The average Bonchev–Trinajstić information content (AvgIpc) is 3.37. The molecule has 1 aromatic heterocycles. The summed E-state index contributed by atoms with van der Waals surface area (Å²) in [5.41, 5.74) is 9.16. The Balaban J connectivity index is 1.57. The number of carbonyl (C=O) groups is 1. The standard InChI is InChI=1S/C21H22N6O/c1-12-9-24-21(25-10-12)27-17-4-2-13(20(23)28)6-14(17)7-19(27)16-8-15-3-5-18(16)26(15)11-22/h2,4,6,9-10,15-16,18-19H,3,5,7-8H2,1H3,(H2,23,28). The molecule has 7 nitrogen and oxygen atoms in total. The molecule has 7 heteroatoms. The lowest BCUT2D eigenvalue weighted by molar-refractivity contribution is 0.1000. The van der Waals surface area contributed by atoms with Gasteiger partial charge in [-0.2, -0.15) is 5.26 Å². The van der Waals surface area contributed by atoms with E-state index in [9.17, 15) is 10.1 Å². The number of nitrogens with zero attached hydrogens (tertiary/aromatic N) is 5. The third kappa shape index (κ3) is 2.44. The van der Waals surface area contributed by atoms with Crippen LogP contribution in [0.3, 0.4) is 0 Å². The molecule has 2 aromatic rings. The minimum absolute atomic E-state index is 0.173. The number of aryl methyl sites for hydroxylation is 1. The van der Waals surface area contributed by atoms with Crippen LogP contribution in [0.4, 0.5) is 11.6 Å². The van der Waals surface area contributed by atoms with Crippen LogP contribution in [0.5, 0.6) is 0 Å². The number of anilines is 2. The highest BCUT2D eigenvalue weighted by Crippen LogP contribution is 2.49. The molecule has 142 valence electrons. The Morgan fingerprint density at radius 2 is 2.04 bits per heavy atom. The minimum Gasteiger partial charge on any atom is -0.366 e. The predicted octanol–water partition coefficient (Wildman–Crippen LogP) is 2.28. The number of hydrogen-bond acceptors (Lipinski definition) is 6. The number of nitriles is 1. The second-order valence-corrected chi connectivity index (χ2v) is 8.11. The molecule has 3 aliphatic rings. The van der Waals surface area contributed by atoms with Gasteiger partial charge in [-0.1, -0.05) is 0 Å². The maximum atomic E-state index is 11.7. The van der Waals surface area contributed by atoms with Gasteiger partial charge in [-0.05, 0) is 61.9 Å². The summed E-state index contributed by atoms with van der Waals surface area (Å²) in [7, 11) is 0. The molecule has 5 rings (SSSR count). The van der Waals surface area contributed by atoms with E-state index in [2.05, 4.69) is 21.1 Å². The molecule has 2 saturated heterocycles. The van der Waals surface area contributed by atoms with E-state index >= 15 is 0 Å². The Kier molecular flexibility index (Phi) is 3.76. The van der Waals surface area contributed by atoms with E-state index in [1.165, 1.54) is 0 Å². The van der Waals surface area contributed by atoms with E-state index in [1.807, 2.05) is 36.4 Å². The van der Waals surface area contributed by atoms with Crippen LogP contribution in [-0.2, 0) is 6.42 Å². The summed E-state index contributed by atoms with van der Waals surface area (Å²) in [6.07, 6.45) is 10.1. The molecular weight excluding hydrogens is 352 g/mol. The van der Waals surface area contributed by atoms with Crippen molar-refractivity contribution in [3.8, 4) is 6.19 Å². The van der Waals surface area contributed by atoms with E-state index in [0.29, 0.717) is 23.5 Å². The number of fused-ring (bicyclic) bond motifs is 3. The quantitative estimate of drug-likeness (QED) is 0.828. The first-order valence-corrected chi connectivity index (χ1v) is 9.75. The van der Waals surface area contributed by atoms with E-state index in [0.717, 1.165) is 42.5 Å². The average molecular weight is 374 g/mol. The van der Waals surface area contributed by atoms with Gasteiger partial charge in [0.25, 0.3) is 0 Å². The molecule has 0 radical (unpaired) electrons. The first kappa shape index (κ1) is 17.0. The van der Waals surface area contributed by atoms with E-state index in [-0.39, 0.29) is 12.1 Å². The van der Waals surface area contributed by atoms with Crippen LogP contribution >= 0.6 is 0 Å². The molecule has 4 unspecified atom stereocenters. The number of amides is 1. The Bertz CT molecular complexity index is 981. The lowest BCUT2D eigenvalue weighted by Crippen LogP contribution is -2.41. The molecule has 1 amide bonds. The molecule has 4 atom stereocenters. The highest BCUT2D eigenvalue weighted by atomic mass is 16.1. The van der Waals surface area contributed by atoms with Crippen LogP contribution in [0.1, 0.15) is 40.7 Å². The molecule has 1 aromatic carbocycles. The molecule has 2 fully saturated rings. The number of primary amides is 1. The maximum absolute atomic E-state index is 11.7. The van der Waals surface area contributed by atoms with Crippen LogP contribution in [0.15, 0.2) is 30.6 Å². The van der Waals surface area contributed by atoms with E-state index < -0.39 is 5.91 Å². The van der Waals surface area contributed by atoms with Crippen molar-refractivity contribution in [1.29, 1.82) is 5.26 Å². The summed E-state index contributed by atoms with van der Waals surface area (Å²) >= 11 is 0. The summed E-state index contributed by atoms with van der Waals surface area (Å²) in [4.78, 5) is 25.0.